The van der Waals surface area contributed by atoms with Gasteiger partial charge in [0.05, 0.1) is 16.9 Å². The summed E-state index contributed by atoms with van der Waals surface area (Å²) in [6, 6.07) is 7.97. The zero-order valence-electron chi connectivity index (χ0n) is 11.6. The summed E-state index contributed by atoms with van der Waals surface area (Å²) >= 11 is 0. The number of anilines is 2. The molecule has 0 bridgehead atoms. The third kappa shape index (κ3) is 1.84. The van der Waals surface area contributed by atoms with Crippen molar-refractivity contribution in [2.24, 2.45) is 5.92 Å². The molecule has 0 amide bonds. The second-order valence-electron chi connectivity index (χ2n) is 5.31. The van der Waals surface area contributed by atoms with Gasteiger partial charge in [0.15, 0.2) is 12.5 Å². The molecule has 0 saturated heterocycles. The van der Waals surface area contributed by atoms with E-state index in [2.05, 4.69) is 36.8 Å². The quantitative estimate of drug-likeness (QED) is 0.868. The molecule has 1 N–H and O–H groups in total. The van der Waals surface area contributed by atoms with Crippen LogP contribution in [0, 0.1) is 5.92 Å². The van der Waals surface area contributed by atoms with Crippen LogP contribution < -0.4 is 10.2 Å². The fourth-order valence-electron chi connectivity index (χ4n) is 2.50. The van der Waals surface area contributed by atoms with Crippen LogP contribution in [0.15, 0.2) is 42.7 Å². The topological polar surface area (TPSA) is 45.2 Å². The lowest BCUT2D eigenvalue weighted by molar-refractivity contribution is -0.108. The van der Waals surface area contributed by atoms with Gasteiger partial charge in [-0.15, -0.1) is 0 Å². The van der Waals surface area contributed by atoms with Gasteiger partial charge in [-0.3, -0.25) is 9.78 Å². The van der Waals surface area contributed by atoms with E-state index in [-0.39, 0.29) is 5.92 Å². The maximum Gasteiger partial charge on any atom is 0.163 e. The van der Waals surface area contributed by atoms with Crippen LogP contribution in [0.1, 0.15) is 13.8 Å². The molecule has 2 heterocycles. The molecule has 1 aliphatic heterocycles. The van der Waals surface area contributed by atoms with Crippen molar-refractivity contribution in [2.75, 3.05) is 10.2 Å². The molecule has 0 radical (unpaired) electrons. The second kappa shape index (κ2) is 4.63. The maximum atomic E-state index is 11.3. The first-order valence-electron chi connectivity index (χ1n) is 6.70. The number of aldehydes is 1. The molecule has 0 aliphatic carbocycles. The number of carbonyl (C=O) groups is 1. The van der Waals surface area contributed by atoms with Gasteiger partial charge < -0.3 is 10.2 Å². The summed E-state index contributed by atoms with van der Waals surface area (Å²) in [4.78, 5) is 17.7. The minimum Gasteiger partial charge on any atom is -0.357 e. The number of pyridine rings is 1. The number of allylic oxidation sites excluding steroid dienone is 1. The molecule has 20 heavy (non-hydrogen) atoms. The van der Waals surface area contributed by atoms with Gasteiger partial charge in [0, 0.05) is 17.3 Å². The van der Waals surface area contributed by atoms with Crippen molar-refractivity contribution in [1.82, 2.24) is 4.98 Å². The number of nitrogens with zero attached hydrogens (tertiary/aromatic N) is 2. The first-order chi connectivity index (χ1) is 9.61. The molecule has 4 heteroatoms. The average Bonchev–Trinajstić information content (AvgIpc) is 2.81. The Morgan fingerprint density at radius 3 is 3.00 bits per heavy atom. The van der Waals surface area contributed by atoms with Gasteiger partial charge in [0.25, 0.3) is 0 Å². The van der Waals surface area contributed by atoms with E-state index in [1.165, 1.54) is 0 Å². The summed E-state index contributed by atoms with van der Waals surface area (Å²) in [6.45, 7) is 8.27. The molecular formula is C16H17N3O. The summed E-state index contributed by atoms with van der Waals surface area (Å²) in [5, 5.41) is 4.28. The first kappa shape index (κ1) is 12.7. The Morgan fingerprint density at radius 2 is 2.30 bits per heavy atom. The molecule has 3 rings (SSSR count). The summed E-state index contributed by atoms with van der Waals surface area (Å²) in [5.74, 6) is 0.273. The predicted octanol–water partition coefficient (Wildman–Crippen LogP) is 3.16. The zero-order valence-corrected chi connectivity index (χ0v) is 11.6. The number of fused-ring (bicyclic) bond motifs is 2. The van der Waals surface area contributed by atoms with E-state index in [4.69, 9.17) is 0 Å². The van der Waals surface area contributed by atoms with E-state index < -0.39 is 6.17 Å². The molecule has 1 aliphatic rings. The van der Waals surface area contributed by atoms with Crippen molar-refractivity contribution < 1.29 is 4.79 Å². The standard InChI is InChI=1S/C16H17N3O/c1-10(2)11(3)19-15-7-12-5-4-6-17-13(12)8-14(15)18-16(19)9-20/h4-10,16,18H,3H2,1-2H3. The number of benzene rings is 1. The van der Waals surface area contributed by atoms with Gasteiger partial charge in [-0.1, -0.05) is 26.5 Å². The van der Waals surface area contributed by atoms with Crippen molar-refractivity contribution in [1.29, 1.82) is 0 Å². The molecule has 1 unspecified atom stereocenters. The Kier molecular flexibility index (Phi) is 2.93. The fraction of sp³-hybridized carbons (Fsp3) is 0.250. The number of rotatable bonds is 3. The fourth-order valence-corrected chi connectivity index (χ4v) is 2.50. The molecule has 1 aromatic heterocycles. The summed E-state index contributed by atoms with van der Waals surface area (Å²) in [7, 11) is 0. The van der Waals surface area contributed by atoms with Crippen LogP contribution >= 0.6 is 0 Å². The van der Waals surface area contributed by atoms with Crippen LogP contribution in [0.25, 0.3) is 10.9 Å². The average molecular weight is 267 g/mol. The molecule has 102 valence electrons. The van der Waals surface area contributed by atoms with E-state index in [0.29, 0.717) is 0 Å². The Morgan fingerprint density at radius 1 is 1.50 bits per heavy atom. The first-order valence-corrected chi connectivity index (χ1v) is 6.70. The van der Waals surface area contributed by atoms with Crippen molar-refractivity contribution >= 4 is 28.6 Å². The van der Waals surface area contributed by atoms with Crippen LogP contribution in [0.2, 0.25) is 0 Å². The van der Waals surface area contributed by atoms with Crippen molar-refractivity contribution in [3.8, 4) is 0 Å². The van der Waals surface area contributed by atoms with Gasteiger partial charge in [-0.25, -0.2) is 0 Å². The van der Waals surface area contributed by atoms with Gasteiger partial charge in [-0.05, 0) is 24.1 Å². The van der Waals surface area contributed by atoms with Crippen molar-refractivity contribution in [3.05, 3.63) is 42.7 Å². The molecular weight excluding hydrogens is 250 g/mol. The van der Waals surface area contributed by atoms with Crippen LogP contribution in [-0.4, -0.2) is 17.4 Å². The third-order valence-electron chi connectivity index (χ3n) is 3.67. The number of aromatic nitrogens is 1. The van der Waals surface area contributed by atoms with E-state index >= 15 is 0 Å². The number of carbonyl (C=O) groups excluding carboxylic acids is 1. The van der Waals surface area contributed by atoms with E-state index in [1.54, 1.807) is 6.20 Å². The maximum absolute atomic E-state index is 11.3. The zero-order chi connectivity index (χ0) is 14.3. The smallest absolute Gasteiger partial charge is 0.163 e. The Balaban J connectivity index is 2.16. The largest absolute Gasteiger partial charge is 0.357 e. The van der Waals surface area contributed by atoms with E-state index in [9.17, 15) is 4.79 Å². The number of hydrogen-bond donors (Lipinski definition) is 1. The van der Waals surface area contributed by atoms with Gasteiger partial charge in [-0.2, -0.15) is 0 Å². The highest BCUT2D eigenvalue weighted by atomic mass is 16.1. The Labute approximate surface area is 118 Å². The molecule has 2 aromatic rings. The Bertz CT molecular complexity index is 693. The highest BCUT2D eigenvalue weighted by Crippen LogP contribution is 2.40. The molecule has 0 spiro atoms. The lowest BCUT2D eigenvalue weighted by atomic mass is 10.1. The molecule has 4 nitrogen and oxygen atoms in total. The number of hydrogen-bond acceptors (Lipinski definition) is 4. The lowest BCUT2D eigenvalue weighted by Crippen LogP contribution is -2.37. The van der Waals surface area contributed by atoms with E-state index in [1.807, 2.05) is 23.1 Å². The molecule has 1 atom stereocenters. The SMILES string of the molecule is C=C(C(C)C)N1c2cc3cccnc3cc2NC1C=O. The van der Waals surface area contributed by atoms with E-state index in [0.717, 1.165) is 34.3 Å². The third-order valence-corrected chi connectivity index (χ3v) is 3.67. The molecule has 0 saturated carbocycles. The molecule has 1 aromatic carbocycles. The molecule has 0 fully saturated rings. The highest BCUT2D eigenvalue weighted by Gasteiger charge is 2.31. The van der Waals surface area contributed by atoms with Gasteiger partial charge in [0.2, 0.25) is 0 Å². The highest BCUT2D eigenvalue weighted by molar-refractivity contribution is 5.95. The van der Waals surface area contributed by atoms with Crippen LogP contribution in [0.4, 0.5) is 11.4 Å². The Hall–Kier alpha value is -2.36. The summed E-state index contributed by atoms with van der Waals surface area (Å²) in [5.41, 5.74) is 3.76. The van der Waals surface area contributed by atoms with Crippen LogP contribution in [-0.2, 0) is 4.79 Å². The minimum atomic E-state index is -0.392. The van der Waals surface area contributed by atoms with Crippen molar-refractivity contribution in [2.45, 2.75) is 20.0 Å². The number of nitrogens with one attached hydrogen (secondary N) is 1. The minimum absolute atomic E-state index is 0.273. The van der Waals surface area contributed by atoms with Gasteiger partial charge >= 0.3 is 0 Å². The van der Waals surface area contributed by atoms with Crippen LogP contribution in [0.5, 0.6) is 0 Å². The second-order valence-corrected chi connectivity index (χ2v) is 5.31. The predicted molar refractivity (Wildman–Crippen MR) is 81.7 cm³/mol. The summed E-state index contributed by atoms with van der Waals surface area (Å²) in [6.07, 6.45) is 2.29. The summed E-state index contributed by atoms with van der Waals surface area (Å²) < 4.78 is 0. The lowest BCUT2D eigenvalue weighted by Gasteiger charge is -2.27. The monoisotopic (exact) mass is 267 g/mol. The normalized spacial score (nSPS) is 17.1. The van der Waals surface area contributed by atoms with Crippen molar-refractivity contribution in [3.63, 3.8) is 0 Å². The van der Waals surface area contributed by atoms with Crippen LogP contribution in [0.3, 0.4) is 0 Å². The van der Waals surface area contributed by atoms with Gasteiger partial charge in [0.1, 0.15) is 0 Å².